The average Bonchev–Trinajstić information content (AvgIpc) is 3.35. The Labute approximate surface area is 268 Å². The number of likely N-dealkylation sites (N-methyl/N-ethyl adjacent to an activating group) is 1. The minimum atomic E-state index is -0.867. The Hall–Kier alpha value is -2.23. The summed E-state index contributed by atoms with van der Waals surface area (Å²) in [4.78, 5) is 54.7. The molecule has 0 aliphatic carbocycles. The molecule has 0 radical (unpaired) electrons. The van der Waals surface area contributed by atoms with Crippen molar-refractivity contribution in [2.45, 2.75) is 45.1 Å². The lowest BCUT2D eigenvalue weighted by Crippen LogP contribution is -2.38. The zero-order chi connectivity index (χ0) is 30.2. The topological polar surface area (TPSA) is 170 Å². The van der Waals surface area contributed by atoms with Gasteiger partial charge in [0.25, 0.3) is 11.5 Å². The summed E-state index contributed by atoms with van der Waals surface area (Å²) in [6.07, 6.45) is 0.308. The summed E-state index contributed by atoms with van der Waals surface area (Å²) in [5, 5.41) is 12.6. The van der Waals surface area contributed by atoms with Gasteiger partial charge >= 0.3 is 5.69 Å². The van der Waals surface area contributed by atoms with Gasteiger partial charge in [-0.25, -0.2) is 9.78 Å². The molecule has 0 saturated carbocycles. The Bertz CT molecular complexity index is 1490. The van der Waals surface area contributed by atoms with E-state index in [1.165, 1.54) is 12.4 Å². The largest absolute Gasteiger partial charge is 0.394 e. The van der Waals surface area contributed by atoms with Crippen LogP contribution in [0, 0.1) is 7.14 Å². The molecule has 1 amide bonds. The number of aromatic amines is 1. The molecule has 3 aromatic rings. The average molecular weight is 810 g/mol. The van der Waals surface area contributed by atoms with Crippen molar-refractivity contribution in [3.05, 3.63) is 64.3 Å². The SMILES string of the molecule is CCN(CCNC(=O)c1cnc2cc(I)ccc2n1)CCOC(C)O[C@H]1C[C@H](On2cc(I)c(=O)[nH]c2=O)O[C@@H]1CO. The van der Waals surface area contributed by atoms with Gasteiger partial charge in [-0.1, -0.05) is 6.92 Å². The molecule has 3 heterocycles. The number of carbonyl (C=O) groups excluding carboxylic acids is 1. The summed E-state index contributed by atoms with van der Waals surface area (Å²) in [6, 6.07) is 5.68. The van der Waals surface area contributed by atoms with Gasteiger partial charge in [0.2, 0.25) is 6.29 Å². The lowest BCUT2D eigenvalue weighted by Gasteiger charge is -2.24. The van der Waals surface area contributed by atoms with E-state index in [1.807, 2.05) is 25.1 Å². The fourth-order valence-electron chi connectivity index (χ4n) is 4.26. The number of aliphatic hydroxyl groups is 1. The molecule has 228 valence electrons. The number of halogens is 2. The quantitative estimate of drug-likeness (QED) is 0.155. The first-order valence-corrected chi connectivity index (χ1v) is 15.5. The Morgan fingerprint density at radius 3 is 2.88 bits per heavy atom. The van der Waals surface area contributed by atoms with Crippen LogP contribution in [-0.2, 0) is 14.2 Å². The van der Waals surface area contributed by atoms with Crippen molar-refractivity contribution < 1.29 is 28.9 Å². The zero-order valence-electron chi connectivity index (χ0n) is 23.0. The normalized spacial score (nSPS) is 19.3. The molecule has 3 N–H and O–H groups in total. The predicted octanol–water partition coefficient (Wildman–Crippen LogP) is 0.725. The number of nitrogens with one attached hydrogen (secondary N) is 2. The Kier molecular flexibility index (Phi) is 12.0. The van der Waals surface area contributed by atoms with Gasteiger partial charge in [-0.2, -0.15) is 0 Å². The second-order valence-corrected chi connectivity index (χ2v) is 11.8. The van der Waals surface area contributed by atoms with Gasteiger partial charge in [-0.15, -0.1) is 4.73 Å². The van der Waals surface area contributed by atoms with E-state index in [4.69, 9.17) is 19.0 Å². The molecule has 2 aromatic heterocycles. The first-order valence-electron chi connectivity index (χ1n) is 13.3. The number of carbonyl (C=O) groups is 1. The minimum absolute atomic E-state index is 0.239. The third kappa shape index (κ3) is 8.89. The molecule has 1 aromatic carbocycles. The van der Waals surface area contributed by atoms with Crippen molar-refractivity contribution in [1.29, 1.82) is 0 Å². The number of aliphatic hydroxyl groups excluding tert-OH is 1. The van der Waals surface area contributed by atoms with Crippen LogP contribution in [0.4, 0.5) is 0 Å². The second-order valence-electron chi connectivity index (χ2n) is 9.38. The number of benzene rings is 1. The summed E-state index contributed by atoms with van der Waals surface area (Å²) in [5.41, 5.74) is 0.439. The predicted molar refractivity (Wildman–Crippen MR) is 168 cm³/mol. The number of fused-ring (bicyclic) bond motifs is 1. The van der Waals surface area contributed by atoms with E-state index in [1.54, 1.807) is 29.5 Å². The van der Waals surface area contributed by atoms with E-state index < -0.39 is 36.0 Å². The van der Waals surface area contributed by atoms with Crippen molar-refractivity contribution in [2.24, 2.45) is 0 Å². The highest BCUT2D eigenvalue weighted by Gasteiger charge is 2.38. The molecule has 0 spiro atoms. The molecular weight excluding hydrogens is 778 g/mol. The van der Waals surface area contributed by atoms with Crippen LogP contribution in [0.15, 0.2) is 40.2 Å². The monoisotopic (exact) mass is 810 g/mol. The number of H-pyrrole nitrogens is 1. The number of ether oxygens (including phenoxy) is 3. The van der Waals surface area contributed by atoms with Gasteiger partial charge in [0.15, 0.2) is 6.29 Å². The van der Waals surface area contributed by atoms with Crippen molar-refractivity contribution in [1.82, 2.24) is 29.9 Å². The van der Waals surface area contributed by atoms with Gasteiger partial charge in [0.05, 0.1) is 46.3 Å². The molecule has 1 unspecified atom stereocenters. The number of rotatable bonds is 14. The molecule has 16 heteroatoms. The summed E-state index contributed by atoms with van der Waals surface area (Å²) >= 11 is 3.99. The van der Waals surface area contributed by atoms with Crippen LogP contribution >= 0.6 is 45.2 Å². The Morgan fingerprint density at radius 2 is 2.12 bits per heavy atom. The maximum Gasteiger partial charge on any atom is 0.361 e. The van der Waals surface area contributed by atoms with E-state index >= 15 is 0 Å². The van der Waals surface area contributed by atoms with Gasteiger partial charge in [-0.05, 0) is 76.8 Å². The number of hydrogen-bond donors (Lipinski definition) is 3. The summed E-state index contributed by atoms with van der Waals surface area (Å²) in [6.45, 7) is 6.25. The summed E-state index contributed by atoms with van der Waals surface area (Å²) < 4.78 is 19.7. The number of hydrogen-bond acceptors (Lipinski definition) is 11. The Morgan fingerprint density at radius 1 is 1.31 bits per heavy atom. The minimum Gasteiger partial charge on any atom is -0.394 e. The van der Waals surface area contributed by atoms with E-state index in [2.05, 4.69) is 47.8 Å². The van der Waals surface area contributed by atoms with Gasteiger partial charge in [-0.3, -0.25) is 24.5 Å². The molecule has 1 aliphatic rings. The molecule has 4 rings (SSSR count). The maximum atomic E-state index is 12.6. The van der Waals surface area contributed by atoms with Crippen LogP contribution in [0.2, 0.25) is 0 Å². The first kappa shape index (κ1) is 32.7. The highest BCUT2D eigenvalue weighted by molar-refractivity contribution is 14.1. The van der Waals surface area contributed by atoms with Crippen LogP contribution in [-0.4, -0.2) is 99.8 Å². The van der Waals surface area contributed by atoms with Gasteiger partial charge in [0.1, 0.15) is 11.8 Å². The standard InChI is InChI=1S/C26H32I2N6O8/c1-3-33(7-6-29-25(37)20-12-30-19-10-16(27)4-5-18(19)31-20)8-9-39-15(2)40-21-11-23(41-22(21)14-35)42-34-13-17(28)24(36)32-26(34)38/h4-5,10,12-13,15,21-23,35H,3,6-9,11,14H2,1-2H3,(H,29,37)(H,32,36,38)/t15?,21-,22+,23-/m0/s1. The van der Waals surface area contributed by atoms with Crippen LogP contribution in [0.1, 0.15) is 30.8 Å². The zero-order valence-corrected chi connectivity index (χ0v) is 27.3. The lowest BCUT2D eigenvalue weighted by atomic mass is 10.2. The number of nitrogens with zero attached hydrogens (tertiary/aromatic N) is 4. The van der Waals surface area contributed by atoms with Crippen molar-refractivity contribution in [3.63, 3.8) is 0 Å². The summed E-state index contributed by atoms with van der Waals surface area (Å²) in [5.74, 6) is -0.281. The Balaban J connectivity index is 1.18. The van der Waals surface area contributed by atoms with Gasteiger partial charge < -0.3 is 29.5 Å². The molecule has 42 heavy (non-hydrogen) atoms. The number of aromatic nitrogens is 4. The van der Waals surface area contributed by atoms with E-state index in [-0.39, 0.29) is 28.2 Å². The molecule has 1 aliphatic heterocycles. The van der Waals surface area contributed by atoms with Crippen LogP contribution < -0.4 is 21.4 Å². The van der Waals surface area contributed by atoms with E-state index in [0.717, 1.165) is 20.4 Å². The van der Waals surface area contributed by atoms with Gasteiger partial charge in [0, 0.05) is 29.6 Å². The maximum absolute atomic E-state index is 12.6. The van der Waals surface area contributed by atoms with Crippen LogP contribution in [0.5, 0.6) is 0 Å². The van der Waals surface area contributed by atoms with Crippen LogP contribution in [0.25, 0.3) is 11.0 Å². The van der Waals surface area contributed by atoms with Crippen molar-refractivity contribution in [3.8, 4) is 0 Å². The van der Waals surface area contributed by atoms with Crippen molar-refractivity contribution in [2.75, 3.05) is 39.4 Å². The van der Waals surface area contributed by atoms with E-state index in [9.17, 15) is 19.5 Å². The molecular formula is C26H32I2N6O8. The number of amides is 1. The second kappa shape index (κ2) is 15.5. The third-order valence-electron chi connectivity index (χ3n) is 6.47. The smallest absolute Gasteiger partial charge is 0.361 e. The molecule has 4 atom stereocenters. The first-order chi connectivity index (χ1) is 20.2. The highest BCUT2D eigenvalue weighted by atomic mass is 127. The van der Waals surface area contributed by atoms with E-state index in [0.29, 0.717) is 31.8 Å². The third-order valence-corrected chi connectivity index (χ3v) is 7.91. The summed E-state index contributed by atoms with van der Waals surface area (Å²) in [7, 11) is 0. The molecule has 14 nitrogen and oxygen atoms in total. The molecule has 1 saturated heterocycles. The molecule has 1 fully saturated rings. The fraction of sp³-hybridized carbons (Fsp3) is 0.500. The van der Waals surface area contributed by atoms with Crippen molar-refractivity contribution >= 4 is 62.1 Å². The fourth-order valence-corrected chi connectivity index (χ4v) is 5.12. The molecule has 0 bridgehead atoms. The lowest BCUT2D eigenvalue weighted by molar-refractivity contribution is -0.181. The highest BCUT2D eigenvalue weighted by Crippen LogP contribution is 2.24. The van der Waals surface area contributed by atoms with Crippen LogP contribution in [0.3, 0.4) is 0 Å².